The van der Waals surface area contributed by atoms with Crippen molar-refractivity contribution in [3.05, 3.63) is 69.1 Å². The summed E-state index contributed by atoms with van der Waals surface area (Å²) in [6, 6.07) is 11.3. The molecule has 5 heteroatoms. The number of thiocarbonyl (C=S) groups is 1. The van der Waals surface area contributed by atoms with Crippen LogP contribution in [-0.4, -0.2) is 5.11 Å². The van der Waals surface area contributed by atoms with Crippen LogP contribution in [0.5, 0.6) is 0 Å². The van der Waals surface area contributed by atoms with Crippen LogP contribution in [0.3, 0.4) is 0 Å². The maximum atomic E-state index is 11.6. The second-order valence-electron chi connectivity index (χ2n) is 6.31. The quantitative estimate of drug-likeness (QED) is 0.511. The largest absolute Gasteiger partial charge is 0.423 e. The van der Waals surface area contributed by atoms with Gasteiger partial charge in [-0.15, -0.1) is 0 Å². The molecule has 0 spiro atoms. The number of hydrogen-bond acceptors (Lipinski definition) is 3. The van der Waals surface area contributed by atoms with Gasteiger partial charge in [0, 0.05) is 28.9 Å². The standard InChI is InChI=1S/C20H20N2O2S/c1-11-7-13(3)19(14(4)8-11)22-20(25)21-15-5-6-16-12(2)9-18(23)24-17(16)10-15/h5-10H,1-4H3,(H2,21,22,25). The highest BCUT2D eigenvalue weighted by Gasteiger charge is 2.08. The fourth-order valence-corrected chi connectivity index (χ4v) is 3.28. The predicted octanol–water partition coefficient (Wildman–Crippen LogP) is 4.84. The second kappa shape index (κ2) is 6.69. The van der Waals surface area contributed by atoms with E-state index < -0.39 is 0 Å². The van der Waals surface area contributed by atoms with Gasteiger partial charge in [-0.1, -0.05) is 17.7 Å². The van der Waals surface area contributed by atoms with Crippen molar-refractivity contribution in [1.29, 1.82) is 0 Å². The third kappa shape index (κ3) is 3.72. The molecular formula is C20H20N2O2S. The van der Waals surface area contributed by atoms with Crippen LogP contribution in [0.4, 0.5) is 11.4 Å². The topological polar surface area (TPSA) is 54.3 Å². The van der Waals surface area contributed by atoms with E-state index in [1.807, 2.05) is 19.1 Å². The molecule has 2 aromatic carbocycles. The molecular weight excluding hydrogens is 332 g/mol. The predicted molar refractivity (Wildman–Crippen MR) is 108 cm³/mol. The molecule has 0 aliphatic rings. The van der Waals surface area contributed by atoms with Crippen LogP contribution in [0.25, 0.3) is 11.0 Å². The molecule has 4 nitrogen and oxygen atoms in total. The minimum atomic E-state index is -0.353. The lowest BCUT2D eigenvalue weighted by atomic mass is 10.1. The summed E-state index contributed by atoms with van der Waals surface area (Å²) in [7, 11) is 0. The van der Waals surface area contributed by atoms with E-state index in [0.717, 1.165) is 33.5 Å². The minimum absolute atomic E-state index is 0.353. The molecule has 0 saturated heterocycles. The Hall–Kier alpha value is -2.66. The molecule has 25 heavy (non-hydrogen) atoms. The molecule has 128 valence electrons. The van der Waals surface area contributed by atoms with Crippen LogP contribution in [0.1, 0.15) is 22.3 Å². The molecule has 0 unspecified atom stereocenters. The van der Waals surface area contributed by atoms with Crippen molar-refractivity contribution < 1.29 is 4.42 Å². The first-order chi connectivity index (χ1) is 11.8. The minimum Gasteiger partial charge on any atom is -0.423 e. The normalized spacial score (nSPS) is 10.7. The van der Waals surface area contributed by atoms with Crippen molar-refractivity contribution >= 4 is 39.7 Å². The monoisotopic (exact) mass is 352 g/mol. The molecule has 0 aliphatic heterocycles. The van der Waals surface area contributed by atoms with Crippen LogP contribution in [0.2, 0.25) is 0 Å². The van der Waals surface area contributed by atoms with E-state index in [1.54, 1.807) is 6.07 Å². The zero-order valence-corrected chi connectivity index (χ0v) is 15.5. The fourth-order valence-electron chi connectivity index (χ4n) is 3.06. The summed E-state index contributed by atoms with van der Waals surface area (Å²) in [5, 5.41) is 7.80. The van der Waals surface area contributed by atoms with Crippen molar-refractivity contribution in [2.45, 2.75) is 27.7 Å². The van der Waals surface area contributed by atoms with Gasteiger partial charge >= 0.3 is 5.63 Å². The Morgan fingerprint density at radius 2 is 1.60 bits per heavy atom. The average molecular weight is 352 g/mol. The molecule has 2 N–H and O–H groups in total. The molecule has 3 rings (SSSR count). The summed E-state index contributed by atoms with van der Waals surface area (Å²) in [4.78, 5) is 11.6. The van der Waals surface area contributed by atoms with Gasteiger partial charge in [0.1, 0.15) is 5.58 Å². The van der Waals surface area contributed by atoms with E-state index in [9.17, 15) is 4.79 Å². The highest BCUT2D eigenvalue weighted by molar-refractivity contribution is 7.80. The molecule has 0 bridgehead atoms. The number of hydrogen-bond donors (Lipinski definition) is 2. The Balaban J connectivity index is 1.84. The smallest absolute Gasteiger partial charge is 0.336 e. The van der Waals surface area contributed by atoms with Crippen molar-refractivity contribution in [3.8, 4) is 0 Å². The SMILES string of the molecule is Cc1cc(C)c(NC(=S)Nc2ccc3c(C)cc(=O)oc3c2)c(C)c1. The van der Waals surface area contributed by atoms with Gasteiger partial charge in [-0.25, -0.2) is 4.79 Å². The van der Waals surface area contributed by atoms with Crippen LogP contribution in [-0.2, 0) is 0 Å². The highest BCUT2D eigenvalue weighted by Crippen LogP contribution is 2.23. The Morgan fingerprint density at radius 3 is 2.28 bits per heavy atom. The van der Waals surface area contributed by atoms with Crippen molar-refractivity contribution in [2.75, 3.05) is 10.6 Å². The first kappa shape index (κ1) is 17.2. The average Bonchev–Trinajstić information content (AvgIpc) is 2.50. The molecule has 1 aromatic heterocycles. The third-order valence-electron chi connectivity index (χ3n) is 4.12. The number of benzene rings is 2. The Bertz CT molecular complexity index is 1010. The van der Waals surface area contributed by atoms with Crippen LogP contribution in [0.15, 0.2) is 45.6 Å². The molecule has 3 aromatic rings. The number of rotatable bonds is 2. The van der Waals surface area contributed by atoms with E-state index in [0.29, 0.717) is 10.7 Å². The summed E-state index contributed by atoms with van der Waals surface area (Å²) in [6.07, 6.45) is 0. The van der Waals surface area contributed by atoms with E-state index in [1.165, 1.54) is 11.6 Å². The van der Waals surface area contributed by atoms with Crippen molar-refractivity contribution in [2.24, 2.45) is 0 Å². The summed E-state index contributed by atoms with van der Waals surface area (Å²) >= 11 is 5.43. The van der Waals surface area contributed by atoms with Gasteiger partial charge in [-0.05, 0) is 68.7 Å². The zero-order valence-electron chi connectivity index (χ0n) is 14.7. The molecule has 0 saturated carbocycles. The molecule has 0 fully saturated rings. The van der Waals surface area contributed by atoms with Gasteiger partial charge in [0.25, 0.3) is 0 Å². The molecule has 0 radical (unpaired) electrons. The zero-order chi connectivity index (χ0) is 18.1. The van der Waals surface area contributed by atoms with Gasteiger partial charge in [0.2, 0.25) is 0 Å². The lowest BCUT2D eigenvalue weighted by Crippen LogP contribution is -2.20. The van der Waals surface area contributed by atoms with Gasteiger partial charge in [0.15, 0.2) is 5.11 Å². The van der Waals surface area contributed by atoms with Crippen LogP contribution < -0.4 is 16.3 Å². The Morgan fingerprint density at radius 1 is 0.920 bits per heavy atom. The van der Waals surface area contributed by atoms with E-state index in [-0.39, 0.29) is 5.63 Å². The summed E-state index contributed by atoms with van der Waals surface area (Å²) in [5.74, 6) is 0. The molecule has 1 heterocycles. The summed E-state index contributed by atoms with van der Waals surface area (Å²) in [5.41, 5.74) is 6.36. The molecule has 0 atom stereocenters. The third-order valence-corrected chi connectivity index (χ3v) is 4.33. The molecule has 0 amide bonds. The number of anilines is 2. The van der Waals surface area contributed by atoms with Crippen LogP contribution >= 0.6 is 12.2 Å². The van der Waals surface area contributed by atoms with Gasteiger partial charge in [-0.3, -0.25) is 0 Å². The lowest BCUT2D eigenvalue weighted by Gasteiger charge is -2.16. The fraction of sp³-hybridized carbons (Fsp3) is 0.200. The second-order valence-corrected chi connectivity index (χ2v) is 6.72. The maximum absolute atomic E-state index is 11.6. The number of aryl methyl sites for hydroxylation is 4. The van der Waals surface area contributed by atoms with E-state index in [4.69, 9.17) is 16.6 Å². The van der Waals surface area contributed by atoms with Gasteiger partial charge < -0.3 is 15.1 Å². The summed E-state index contributed by atoms with van der Waals surface area (Å²) in [6.45, 7) is 8.07. The van der Waals surface area contributed by atoms with Crippen molar-refractivity contribution in [1.82, 2.24) is 0 Å². The van der Waals surface area contributed by atoms with Crippen LogP contribution in [0, 0.1) is 27.7 Å². The first-order valence-corrected chi connectivity index (χ1v) is 8.44. The van der Waals surface area contributed by atoms with Gasteiger partial charge in [-0.2, -0.15) is 0 Å². The van der Waals surface area contributed by atoms with Crippen molar-refractivity contribution in [3.63, 3.8) is 0 Å². The summed E-state index contributed by atoms with van der Waals surface area (Å²) < 4.78 is 5.28. The Labute approximate surface area is 151 Å². The maximum Gasteiger partial charge on any atom is 0.336 e. The van der Waals surface area contributed by atoms with Gasteiger partial charge in [0.05, 0.1) is 0 Å². The lowest BCUT2D eigenvalue weighted by molar-refractivity contribution is 0.560. The Kier molecular flexibility index (Phi) is 4.59. The first-order valence-electron chi connectivity index (χ1n) is 8.04. The molecule has 0 aliphatic carbocycles. The van der Waals surface area contributed by atoms with E-state index in [2.05, 4.69) is 43.5 Å². The number of nitrogens with one attached hydrogen (secondary N) is 2. The number of fused-ring (bicyclic) bond motifs is 1. The highest BCUT2D eigenvalue weighted by atomic mass is 32.1. The van der Waals surface area contributed by atoms with E-state index >= 15 is 0 Å².